The Morgan fingerprint density at radius 1 is 1.13 bits per heavy atom. The third-order valence-corrected chi connectivity index (χ3v) is 5.10. The molecule has 0 saturated heterocycles. The van der Waals surface area contributed by atoms with E-state index < -0.39 is 10.0 Å². The SMILES string of the molecule is Cc1ccc(-c2cn(S(=O)(=O)c3cccnc3)cc2C#N)cc1. The van der Waals surface area contributed by atoms with Gasteiger partial charge in [-0.25, -0.2) is 12.4 Å². The van der Waals surface area contributed by atoms with Crippen LogP contribution in [-0.4, -0.2) is 17.4 Å². The van der Waals surface area contributed by atoms with E-state index in [2.05, 4.69) is 11.1 Å². The average molecular weight is 323 g/mol. The maximum Gasteiger partial charge on any atom is 0.269 e. The van der Waals surface area contributed by atoms with E-state index in [1.807, 2.05) is 31.2 Å². The van der Waals surface area contributed by atoms with Crippen molar-refractivity contribution in [1.82, 2.24) is 8.96 Å². The van der Waals surface area contributed by atoms with Gasteiger partial charge in [-0.1, -0.05) is 29.8 Å². The highest BCUT2D eigenvalue weighted by atomic mass is 32.2. The second kappa shape index (κ2) is 5.71. The topological polar surface area (TPSA) is 75.8 Å². The van der Waals surface area contributed by atoms with Crippen LogP contribution in [0.5, 0.6) is 0 Å². The third-order valence-electron chi connectivity index (χ3n) is 3.50. The number of hydrogen-bond donors (Lipinski definition) is 0. The first-order valence-electron chi connectivity index (χ1n) is 6.87. The van der Waals surface area contributed by atoms with Gasteiger partial charge in [0.15, 0.2) is 0 Å². The van der Waals surface area contributed by atoms with E-state index in [0.29, 0.717) is 11.1 Å². The molecule has 1 aromatic carbocycles. The van der Waals surface area contributed by atoms with Gasteiger partial charge >= 0.3 is 0 Å². The standard InChI is InChI=1S/C17H13N3O2S/c1-13-4-6-14(7-5-13)17-12-20(11-15(17)9-18)23(21,22)16-3-2-8-19-10-16/h2-8,10-12H,1H3. The fourth-order valence-corrected chi connectivity index (χ4v) is 3.42. The molecule has 0 fully saturated rings. The van der Waals surface area contributed by atoms with Crippen molar-refractivity contribution >= 4 is 10.0 Å². The van der Waals surface area contributed by atoms with E-state index in [9.17, 15) is 13.7 Å². The molecule has 3 rings (SSSR count). The summed E-state index contributed by atoms with van der Waals surface area (Å²) in [5.41, 5.74) is 2.78. The number of nitriles is 1. The molecule has 23 heavy (non-hydrogen) atoms. The highest BCUT2D eigenvalue weighted by molar-refractivity contribution is 7.90. The van der Waals surface area contributed by atoms with Crippen molar-refractivity contribution in [2.75, 3.05) is 0 Å². The van der Waals surface area contributed by atoms with Crippen molar-refractivity contribution in [3.63, 3.8) is 0 Å². The number of hydrogen-bond acceptors (Lipinski definition) is 4. The van der Waals surface area contributed by atoms with Gasteiger partial charge in [-0.05, 0) is 24.6 Å². The van der Waals surface area contributed by atoms with Crippen LogP contribution in [0.15, 0.2) is 66.1 Å². The van der Waals surface area contributed by atoms with Crippen molar-refractivity contribution in [2.45, 2.75) is 11.8 Å². The Hall–Kier alpha value is -2.91. The third kappa shape index (κ3) is 2.74. The van der Waals surface area contributed by atoms with Crippen LogP contribution in [-0.2, 0) is 10.0 Å². The van der Waals surface area contributed by atoms with E-state index in [-0.39, 0.29) is 4.90 Å². The number of aryl methyl sites for hydroxylation is 1. The first-order valence-corrected chi connectivity index (χ1v) is 8.31. The lowest BCUT2D eigenvalue weighted by Crippen LogP contribution is -2.11. The maximum atomic E-state index is 12.6. The van der Waals surface area contributed by atoms with Crippen molar-refractivity contribution in [2.24, 2.45) is 0 Å². The lowest BCUT2D eigenvalue weighted by Gasteiger charge is -2.04. The lowest BCUT2D eigenvalue weighted by molar-refractivity contribution is 0.587. The van der Waals surface area contributed by atoms with Gasteiger partial charge in [0, 0.05) is 30.4 Å². The molecule has 0 amide bonds. The van der Waals surface area contributed by atoms with Crippen molar-refractivity contribution in [3.8, 4) is 17.2 Å². The van der Waals surface area contributed by atoms with Crippen molar-refractivity contribution in [1.29, 1.82) is 5.26 Å². The lowest BCUT2D eigenvalue weighted by atomic mass is 10.0. The molecular formula is C17H13N3O2S. The largest absolute Gasteiger partial charge is 0.269 e. The number of rotatable bonds is 3. The molecule has 0 bridgehead atoms. The molecule has 0 spiro atoms. The molecule has 0 atom stereocenters. The summed E-state index contributed by atoms with van der Waals surface area (Å²) in [5.74, 6) is 0. The number of benzene rings is 1. The van der Waals surface area contributed by atoms with Crippen LogP contribution in [0.25, 0.3) is 11.1 Å². The molecule has 2 aromatic heterocycles. The summed E-state index contributed by atoms with van der Waals surface area (Å²) in [4.78, 5) is 3.91. The molecule has 3 aromatic rings. The van der Waals surface area contributed by atoms with Gasteiger partial charge in [-0.3, -0.25) is 4.98 Å². The smallest absolute Gasteiger partial charge is 0.263 e. The van der Waals surface area contributed by atoms with Crippen molar-refractivity contribution in [3.05, 3.63) is 72.3 Å². The van der Waals surface area contributed by atoms with Crippen LogP contribution in [0.4, 0.5) is 0 Å². The van der Waals surface area contributed by atoms with Gasteiger partial charge in [0.25, 0.3) is 10.0 Å². The molecule has 0 N–H and O–H groups in total. The Morgan fingerprint density at radius 2 is 1.87 bits per heavy atom. The molecule has 0 aliphatic carbocycles. The highest BCUT2D eigenvalue weighted by Gasteiger charge is 2.20. The van der Waals surface area contributed by atoms with Crippen LogP contribution >= 0.6 is 0 Å². The van der Waals surface area contributed by atoms with Crippen molar-refractivity contribution < 1.29 is 8.42 Å². The molecule has 6 heteroatoms. The molecular weight excluding hydrogens is 310 g/mol. The zero-order valence-electron chi connectivity index (χ0n) is 12.3. The first kappa shape index (κ1) is 15.0. The van der Waals surface area contributed by atoms with Crippen LogP contribution in [0, 0.1) is 18.3 Å². The minimum Gasteiger partial charge on any atom is -0.263 e. The van der Waals surface area contributed by atoms with Gasteiger partial charge in [0.2, 0.25) is 0 Å². The molecule has 0 unspecified atom stereocenters. The van der Waals surface area contributed by atoms with E-state index in [1.165, 1.54) is 30.9 Å². The predicted octanol–water partition coefficient (Wildman–Crippen LogP) is 2.97. The molecule has 0 radical (unpaired) electrons. The van der Waals surface area contributed by atoms with Gasteiger partial charge < -0.3 is 0 Å². The zero-order chi connectivity index (χ0) is 16.4. The summed E-state index contributed by atoms with van der Waals surface area (Å²) in [6, 6.07) is 12.7. The summed E-state index contributed by atoms with van der Waals surface area (Å²) in [7, 11) is -3.76. The van der Waals surface area contributed by atoms with E-state index >= 15 is 0 Å². The number of pyridine rings is 1. The Labute approximate surface area is 134 Å². The van der Waals surface area contributed by atoms with Crippen LogP contribution in [0.3, 0.4) is 0 Å². The molecule has 0 aliphatic rings. The quantitative estimate of drug-likeness (QED) is 0.742. The number of aromatic nitrogens is 2. The van der Waals surface area contributed by atoms with Crippen LogP contribution in [0.2, 0.25) is 0 Å². The second-order valence-electron chi connectivity index (χ2n) is 5.09. The normalized spacial score (nSPS) is 11.1. The van der Waals surface area contributed by atoms with Crippen LogP contribution in [0.1, 0.15) is 11.1 Å². The Morgan fingerprint density at radius 3 is 2.48 bits per heavy atom. The molecule has 5 nitrogen and oxygen atoms in total. The van der Waals surface area contributed by atoms with Crippen LogP contribution < -0.4 is 0 Å². The highest BCUT2D eigenvalue weighted by Crippen LogP contribution is 2.27. The Balaban J connectivity index is 2.13. The van der Waals surface area contributed by atoms with Gasteiger partial charge in [0.05, 0.1) is 5.56 Å². The summed E-state index contributed by atoms with van der Waals surface area (Å²) >= 11 is 0. The maximum absolute atomic E-state index is 12.6. The van der Waals surface area contributed by atoms with E-state index in [1.54, 1.807) is 6.07 Å². The van der Waals surface area contributed by atoms with Gasteiger partial charge in [0.1, 0.15) is 11.0 Å². The fraction of sp³-hybridized carbons (Fsp3) is 0.0588. The number of nitrogens with zero attached hydrogens (tertiary/aromatic N) is 3. The Bertz CT molecular complexity index is 983. The summed E-state index contributed by atoms with van der Waals surface area (Å²) in [6.07, 6.45) is 5.59. The van der Waals surface area contributed by atoms with E-state index in [0.717, 1.165) is 15.1 Å². The summed E-state index contributed by atoms with van der Waals surface area (Å²) < 4.78 is 26.3. The molecule has 2 heterocycles. The summed E-state index contributed by atoms with van der Waals surface area (Å²) in [6.45, 7) is 1.97. The minimum atomic E-state index is -3.76. The monoisotopic (exact) mass is 323 g/mol. The first-order chi connectivity index (χ1) is 11.0. The summed E-state index contributed by atoms with van der Waals surface area (Å²) in [5, 5.41) is 9.31. The van der Waals surface area contributed by atoms with E-state index in [4.69, 9.17) is 0 Å². The predicted molar refractivity (Wildman–Crippen MR) is 86.1 cm³/mol. The molecule has 0 saturated carbocycles. The second-order valence-corrected chi connectivity index (χ2v) is 6.93. The Kier molecular flexibility index (Phi) is 3.72. The zero-order valence-corrected chi connectivity index (χ0v) is 13.2. The van der Waals surface area contributed by atoms with Gasteiger partial charge in [-0.2, -0.15) is 5.26 Å². The molecule has 0 aliphatic heterocycles. The van der Waals surface area contributed by atoms with Gasteiger partial charge in [-0.15, -0.1) is 0 Å². The minimum absolute atomic E-state index is 0.0787. The molecule has 114 valence electrons. The fourth-order valence-electron chi connectivity index (χ4n) is 2.24. The average Bonchev–Trinajstić information content (AvgIpc) is 3.01.